The highest BCUT2D eigenvalue weighted by molar-refractivity contribution is 6.31. The zero-order chi connectivity index (χ0) is 15.7. The third-order valence-corrected chi connectivity index (χ3v) is 5.28. The second-order valence-corrected chi connectivity index (χ2v) is 6.67. The lowest BCUT2D eigenvalue weighted by atomic mass is 9.93. The third kappa shape index (κ3) is 3.00. The van der Waals surface area contributed by atoms with Crippen molar-refractivity contribution in [2.75, 3.05) is 19.8 Å². The van der Waals surface area contributed by atoms with Gasteiger partial charge in [-0.3, -0.25) is 4.79 Å². The van der Waals surface area contributed by atoms with Crippen molar-refractivity contribution >= 4 is 17.5 Å². The number of aliphatic hydroxyl groups excluding tert-OH is 1. The van der Waals surface area contributed by atoms with Crippen LogP contribution in [0.5, 0.6) is 0 Å². The Morgan fingerprint density at radius 3 is 2.91 bits per heavy atom. The van der Waals surface area contributed by atoms with Gasteiger partial charge in [-0.2, -0.15) is 0 Å². The minimum absolute atomic E-state index is 0.00664. The van der Waals surface area contributed by atoms with E-state index in [1.807, 2.05) is 17.9 Å². The van der Waals surface area contributed by atoms with Gasteiger partial charge in [0.2, 0.25) is 0 Å². The molecule has 3 atom stereocenters. The van der Waals surface area contributed by atoms with Crippen LogP contribution in [0.25, 0.3) is 0 Å². The van der Waals surface area contributed by atoms with Gasteiger partial charge in [-0.1, -0.05) is 18.0 Å². The SMILES string of the molecule is Cc1cc(C(=O)N2CCOCC2C2CCCC2O)ccc1Cl. The van der Waals surface area contributed by atoms with Gasteiger partial charge in [0, 0.05) is 23.0 Å². The number of rotatable bonds is 2. The van der Waals surface area contributed by atoms with Crippen LogP contribution in [0.3, 0.4) is 0 Å². The molecule has 5 heteroatoms. The largest absolute Gasteiger partial charge is 0.393 e. The van der Waals surface area contributed by atoms with Crippen molar-refractivity contribution in [1.82, 2.24) is 4.90 Å². The predicted molar refractivity (Wildman–Crippen MR) is 85.2 cm³/mol. The molecule has 22 heavy (non-hydrogen) atoms. The third-order valence-electron chi connectivity index (χ3n) is 4.86. The fourth-order valence-corrected chi connectivity index (χ4v) is 3.71. The van der Waals surface area contributed by atoms with Crippen molar-refractivity contribution in [3.05, 3.63) is 34.3 Å². The van der Waals surface area contributed by atoms with Gasteiger partial charge in [0.1, 0.15) is 0 Å². The summed E-state index contributed by atoms with van der Waals surface area (Å²) in [5, 5.41) is 10.8. The summed E-state index contributed by atoms with van der Waals surface area (Å²) in [5.41, 5.74) is 1.56. The molecule has 2 aliphatic rings. The monoisotopic (exact) mass is 323 g/mol. The Hall–Kier alpha value is -1.10. The first-order chi connectivity index (χ1) is 10.6. The molecule has 3 unspecified atom stereocenters. The number of halogens is 1. The molecule has 3 rings (SSSR count). The van der Waals surface area contributed by atoms with Crippen LogP contribution in [0.15, 0.2) is 18.2 Å². The van der Waals surface area contributed by atoms with E-state index in [9.17, 15) is 9.90 Å². The normalized spacial score (nSPS) is 28.9. The fourth-order valence-electron chi connectivity index (χ4n) is 3.59. The van der Waals surface area contributed by atoms with Crippen molar-refractivity contribution in [2.24, 2.45) is 5.92 Å². The number of hydrogen-bond donors (Lipinski definition) is 1. The summed E-state index contributed by atoms with van der Waals surface area (Å²) in [6, 6.07) is 5.34. The first-order valence-corrected chi connectivity index (χ1v) is 8.28. The van der Waals surface area contributed by atoms with Gasteiger partial charge in [0.15, 0.2) is 0 Å². The molecule has 0 aromatic heterocycles. The van der Waals surface area contributed by atoms with E-state index in [1.54, 1.807) is 12.1 Å². The Morgan fingerprint density at radius 2 is 2.23 bits per heavy atom. The fraction of sp³-hybridized carbons (Fsp3) is 0.588. The maximum atomic E-state index is 12.9. The van der Waals surface area contributed by atoms with E-state index in [0.717, 1.165) is 24.8 Å². The van der Waals surface area contributed by atoms with Gasteiger partial charge in [-0.05, 0) is 43.5 Å². The molecule has 1 aliphatic heterocycles. The zero-order valence-corrected chi connectivity index (χ0v) is 13.6. The lowest BCUT2D eigenvalue weighted by Crippen LogP contribution is -2.53. The highest BCUT2D eigenvalue weighted by Gasteiger charge is 2.39. The van der Waals surface area contributed by atoms with E-state index in [4.69, 9.17) is 16.3 Å². The molecule has 1 aromatic carbocycles. The van der Waals surface area contributed by atoms with Gasteiger partial charge in [0.05, 0.1) is 25.4 Å². The second kappa shape index (κ2) is 6.57. The Kier molecular flexibility index (Phi) is 4.71. The van der Waals surface area contributed by atoms with Gasteiger partial charge >= 0.3 is 0 Å². The lowest BCUT2D eigenvalue weighted by molar-refractivity contribution is -0.0383. The second-order valence-electron chi connectivity index (χ2n) is 6.27. The highest BCUT2D eigenvalue weighted by Crippen LogP contribution is 2.33. The van der Waals surface area contributed by atoms with Crippen LogP contribution in [0.1, 0.15) is 35.2 Å². The molecule has 1 N–H and O–H groups in total. The molecule has 120 valence electrons. The van der Waals surface area contributed by atoms with Crippen LogP contribution in [0.2, 0.25) is 5.02 Å². The van der Waals surface area contributed by atoms with Crippen LogP contribution >= 0.6 is 11.6 Å². The number of benzene rings is 1. The Labute approximate surface area is 136 Å². The van der Waals surface area contributed by atoms with E-state index in [1.165, 1.54) is 0 Å². The number of nitrogens with zero attached hydrogens (tertiary/aromatic N) is 1. The molecule has 1 amide bonds. The predicted octanol–water partition coefficient (Wildman–Crippen LogP) is 2.65. The molecule has 0 spiro atoms. The average Bonchev–Trinajstić information content (AvgIpc) is 2.95. The van der Waals surface area contributed by atoms with E-state index in [-0.39, 0.29) is 24.0 Å². The zero-order valence-electron chi connectivity index (χ0n) is 12.8. The number of hydrogen-bond acceptors (Lipinski definition) is 3. The van der Waals surface area contributed by atoms with E-state index in [0.29, 0.717) is 30.3 Å². The molecular weight excluding hydrogens is 302 g/mol. The summed E-state index contributed by atoms with van der Waals surface area (Å²) in [6.07, 6.45) is 2.47. The topological polar surface area (TPSA) is 49.8 Å². The molecule has 1 aromatic rings. The average molecular weight is 324 g/mol. The highest BCUT2D eigenvalue weighted by atomic mass is 35.5. The first-order valence-electron chi connectivity index (χ1n) is 7.91. The van der Waals surface area contributed by atoms with Crippen LogP contribution < -0.4 is 0 Å². The van der Waals surface area contributed by atoms with Gasteiger partial charge in [-0.15, -0.1) is 0 Å². The number of carbonyl (C=O) groups excluding carboxylic acids is 1. The molecule has 1 saturated carbocycles. The molecule has 1 saturated heterocycles. The number of morpholine rings is 1. The number of aliphatic hydroxyl groups is 1. The molecule has 0 radical (unpaired) electrons. The Bertz CT molecular complexity index is 563. The summed E-state index contributed by atoms with van der Waals surface area (Å²) in [5.74, 6) is 0.129. The van der Waals surface area contributed by atoms with E-state index >= 15 is 0 Å². The Morgan fingerprint density at radius 1 is 1.41 bits per heavy atom. The van der Waals surface area contributed by atoms with Crippen molar-refractivity contribution in [3.63, 3.8) is 0 Å². The van der Waals surface area contributed by atoms with Crippen molar-refractivity contribution < 1.29 is 14.6 Å². The standard InChI is InChI=1S/C17H22ClNO3/c1-11-9-12(5-6-14(11)18)17(21)19-7-8-22-10-15(19)13-3-2-4-16(13)20/h5-6,9,13,15-16,20H,2-4,7-8,10H2,1H3. The molecule has 1 aliphatic carbocycles. The summed E-state index contributed by atoms with van der Waals surface area (Å²) < 4.78 is 5.58. The molecule has 4 nitrogen and oxygen atoms in total. The number of amides is 1. The van der Waals surface area contributed by atoms with Crippen LogP contribution in [0.4, 0.5) is 0 Å². The van der Waals surface area contributed by atoms with Gasteiger partial charge in [0.25, 0.3) is 5.91 Å². The van der Waals surface area contributed by atoms with E-state index in [2.05, 4.69) is 0 Å². The Balaban J connectivity index is 1.83. The maximum absolute atomic E-state index is 12.9. The maximum Gasteiger partial charge on any atom is 0.254 e. The number of carbonyl (C=O) groups is 1. The minimum atomic E-state index is -0.325. The smallest absolute Gasteiger partial charge is 0.254 e. The summed E-state index contributed by atoms with van der Waals surface area (Å²) in [6.45, 7) is 3.54. The van der Waals surface area contributed by atoms with Gasteiger partial charge in [-0.25, -0.2) is 0 Å². The number of ether oxygens (including phenoxy) is 1. The van der Waals surface area contributed by atoms with Crippen molar-refractivity contribution in [2.45, 2.75) is 38.3 Å². The molecule has 1 heterocycles. The van der Waals surface area contributed by atoms with Gasteiger partial charge < -0.3 is 14.7 Å². The van der Waals surface area contributed by atoms with Crippen LogP contribution in [0, 0.1) is 12.8 Å². The lowest BCUT2D eigenvalue weighted by Gasteiger charge is -2.40. The molecule has 2 fully saturated rings. The summed E-state index contributed by atoms with van der Waals surface area (Å²) >= 11 is 6.04. The van der Waals surface area contributed by atoms with E-state index < -0.39 is 0 Å². The van der Waals surface area contributed by atoms with Crippen molar-refractivity contribution in [1.29, 1.82) is 0 Å². The molecular formula is C17H22ClNO3. The van der Waals surface area contributed by atoms with Crippen molar-refractivity contribution in [3.8, 4) is 0 Å². The quantitative estimate of drug-likeness (QED) is 0.910. The summed E-state index contributed by atoms with van der Waals surface area (Å²) in [4.78, 5) is 14.8. The number of aryl methyl sites for hydroxylation is 1. The molecule has 0 bridgehead atoms. The first kappa shape index (κ1) is 15.8. The summed E-state index contributed by atoms with van der Waals surface area (Å²) in [7, 11) is 0. The van der Waals surface area contributed by atoms with Crippen LogP contribution in [-0.2, 0) is 4.74 Å². The van der Waals surface area contributed by atoms with Crippen LogP contribution in [-0.4, -0.2) is 47.8 Å². The minimum Gasteiger partial charge on any atom is -0.393 e.